The molecule has 0 atom stereocenters. The van der Waals surface area contributed by atoms with Crippen LogP contribution in [0.5, 0.6) is 11.5 Å². The van der Waals surface area contributed by atoms with Gasteiger partial charge in [-0.1, -0.05) is 23.2 Å². The van der Waals surface area contributed by atoms with Crippen LogP contribution in [0.2, 0.25) is 10.0 Å². The normalized spacial score (nSPS) is 16.5. The van der Waals surface area contributed by atoms with Crippen molar-refractivity contribution in [1.82, 2.24) is 9.80 Å². The van der Waals surface area contributed by atoms with Gasteiger partial charge in [0.25, 0.3) is 17.1 Å². The highest BCUT2D eigenvalue weighted by Gasteiger charge is 2.37. The number of nitrogens with one attached hydrogen (secondary N) is 1. The van der Waals surface area contributed by atoms with E-state index < -0.39 is 17.1 Å². The molecule has 9 nitrogen and oxygen atoms in total. The summed E-state index contributed by atoms with van der Waals surface area (Å²) >= 11 is 13.0. The van der Waals surface area contributed by atoms with Gasteiger partial charge in [0.2, 0.25) is 5.91 Å². The minimum absolute atomic E-state index is 0.147. The quantitative estimate of drug-likeness (QED) is 0.465. The van der Waals surface area contributed by atoms with Gasteiger partial charge >= 0.3 is 0 Å². The number of anilines is 1. The first-order chi connectivity index (χ1) is 17.7. The highest BCUT2D eigenvalue weighted by atomic mass is 35.5. The molecule has 194 valence electrons. The standard InChI is InChI=1S/C25H23Cl2N3O6S/c1-35-19-11-15(10-18(27)23(19)36-14-21(31)28-17-6-4-16(26)5-7-17)12-20-24(33)30(25(34)37-20)13-22(32)29-8-2-3-9-29/h4-7,10-12H,2-3,8-9,13-14H2,1H3,(H,28,31)/b20-12-. The molecule has 2 saturated heterocycles. The molecular formula is C25H23Cl2N3O6S. The SMILES string of the molecule is COc1cc(/C=C2\SC(=O)N(CC(=O)N3CCCC3)C2=O)cc(Cl)c1OCC(=O)Nc1ccc(Cl)cc1. The molecule has 2 aromatic rings. The van der Waals surface area contributed by atoms with Gasteiger partial charge in [-0.25, -0.2) is 0 Å². The molecule has 1 N–H and O–H groups in total. The molecule has 0 unspecified atom stereocenters. The predicted octanol–water partition coefficient (Wildman–Crippen LogP) is 4.68. The van der Waals surface area contributed by atoms with Gasteiger partial charge in [0.05, 0.1) is 17.0 Å². The van der Waals surface area contributed by atoms with Crippen molar-refractivity contribution >= 4 is 69.7 Å². The van der Waals surface area contributed by atoms with Crippen LogP contribution in [0.4, 0.5) is 10.5 Å². The van der Waals surface area contributed by atoms with E-state index in [1.165, 1.54) is 19.3 Å². The van der Waals surface area contributed by atoms with Crippen molar-refractivity contribution in [2.24, 2.45) is 0 Å². The fourth-order valence-corrected chi connectivity index (χ4v) is 5.06. The molecular weight excluding hydrogens is 541 g/mol. The average Bonchev–Trinajstić information content (AvgIpc) is 3.49. The van der Waals surface area contributed by atoms with Crippen LogP contribution in [0.25, 0.3) is 6.08 Å². The fraction of sp³-hybridized carbons (Fsp3) is 0.280. The van der Waals surface area contributed by atoms with Crippen LogP contribution in [0.15, 0.2) is 41.3 Å². The fourth-order valence-electron chi connectivity index (χ4n) is 3.82. The van der Waals surface area contributed by atoms with Crippen molar-refractivity contribution in [3.63, 3.8) is 0 Å². The summed E-state index contributed by atoms with van der Waals surface area (Å²) in [7, 11) is 1.41. The maximum Gasteiger partial charge on any atom is 0.294 e. The van der Waals surface area contributed by atoms with Crippen molar-refractivity contribution in [3.05, 3.63) is 56.9 Å². The molecule has 0 aromatic heterocycles. The number of likely N-dealkylation sites (tertiary alicyclic amines) is 1. The molecule has 2 aliphatic heterocycles. The topological polar surface area (TPSA) is 105 Å². The number of carbonyl (C=O) groups is 4. The highest BCUT2D eigenvalue weighted by Crippen LogP contribution is 2.39. The summed E-state index contributed by atoms with van der Waals surface area (Å²) in [4.78, 5) is 52.7. The Bertz CT molecular complexity index is 1260. The third-order valence-electron chi connectivity index (χ3n) is 5.65. The zero-order valence-electron chi connectivity index (χ0n) is 19.8. The Morgan fingerprint density at radius 1 is 1.11 bits per heavy atom. The number of halogens is 2. The summed E-state index contributed by atoms with van der Waals surface area (Å²) in [5.74, 6) is -0.816. The molecule has 12 heteroatoms. The number of imide groups is 1. The number of carbonyl (C=O) groups excluding carboxylic acids is 4. The molecule has 0 radical (unpaired) electrons. The van der Waals surface area contributed by atoms with Crippen LogP contribution in [0.1, 0.15) is 18.4 Å². The third kappa shape index (κ3) is 6.57. The van der Waals surface area contributed by atoms with E-state index >= 15 is 0 Å². The van der Waals surface area contributed by atoms with E-state index in [2.05, 4.69) is 5.32 Å². The van der Waals surface area contributed by atoms with Gasteiger partial charge in [-0.2, -0.15) is 0 Å². The van der Waals surface area contributed by atoms with E-state index in [0.717, 1.165) is 29.5 Å². The van der Waals surface area contributed by atoms with Gasteiger partial charge in [-0.05, 0) is 72.6 Å². The lowest BCUT2D eigenvalue weighted by atomic mass is 10.1. The lowest BCUT2D eigenvalue weighted by Gasteiger charge is -2.18. The minimum Gasteiger partial charge on any atom is -0.493 e. The summed E-state index contributed by atoms with van der Waals surface area (Å²) in [6, 6.07) is 9.72. The van der Waals surface area contributed by atoms with Crippen molar-refractivity contribution in [2.75, 3.05) is 38.7 Å². The summed E-state index contributed by atoms with van der Waals surface area (Å²) in [6.07, 6.45) is 3.34. The Kier molecular flexibility index (Phi) is 8.63. The Morgan fingerprint density at radius 3 is 2.49 bits per heavy atom. The largest absolute Gasteiger partial charge is 0.493 e. The second kappa shape index (κ2) is 11.9. The van der Waals surface area contributed by atoms with Crippen LogP contribution in [0, 0.1) is 0 Å². The highest BCUT2D eigenvalue weighted by molar-refractivity contribution is 8.18. The predicted molar refractivity (Wildman–Crippen MR) is 142 cm³/mol. The number of rotatable bonds is 8. The van der Waals surface area contributed by atoms with Crippen molar-refractivity contribution in [2.45, 2.75) is 12.8 Å². The molecule has 0 saturated carbocycles. The Balaban J connectivity index is 1.43. The van der Waals surface area contributed by atoms with E-state index in [9.17, 15) is 19.2 Å². The maximum absolute atomic E-state index is 12.8. The molecule has 4 amide bonds. The van der Waals surface area contributed by atoms with Crippen LogP contribution in [-0.4, -0.2) is 66.1 Å². The van der Waals surface area contributed by atoms with Crippen LogP contribution in [-0.2, 0) is 14.4 Å². The molecule has 2 aromatic carbocycles. The Labute approximate surface area is 227 Å². The third-order valence-corrected chi connectivity index (χ3v) is 7.09. The second-order valence-electron chi connectivity index (χ2n) is 8.23. The smallest absolute Gasteiger partial charge is 0.294 e. The van der Waals surface area contributed by atoms with E-state index in [0.29, 0.717) is 29.4 Å². The summed E-state index contributed by atoms with van der Waals surface area (Å²) < 4.78 is 11.0. The number of nitrogens with zero attached hydrogens (tertiary/aromatic N) is 2. The first kappa shape index (κ1) is 26.8. The van der Waals surface area contributed by atoms with E-state index in [1.54, 1.807) is 35.2 Å². The first-order valence-electron chi connectivity index (χ1n) is 11.3. The zero-order valence-corrected chi connectivity index (χ0v) is 22.1. The number of benzene rings is 2. The van der Waals surface area contributed by atoms with Gasteiger partial charge in [-0.15, -0.1) is 0 Å². The number of ether oxygens (including phenoxy) is 2. The molecule has 0 bridgehead atoms. The lowest BCUT2D eigenvalue weighted by molar-refractivity contribution is -0.135. The van der Waals surface area contributed by atoms with Crippen molar-refractivity contribution in [1.29, 1.82) is 0 Å². The number of amides is 4. The minimum atomic E-state index is -0.545. The van der Waals surface area contributed by atoms with E-state index in [1.807, 2.05) is 0 Å². The molecule has 0 aliphatic carbocycles. The summed E-state index contributed by atoms with van der Waals surface area (Å²) in [5.41, 5.74) is 1.04. The van der Waals surface area contributed by atoms with E-state index in [4.69, 9.17) is 32.7 Å². The van der Waals surface area contributed by atoms with Crippen LogP contribution in [0.3, 0.4) is 0 Å². The Hall–Kier alpha value is -3.21. The second-order valence-corrected chi connectivity index (χ2v) is 10.1. The zero-order chi connectivity index (χ0) is 26.5. The molecule has 2 heterocycles. The molecule has 0 spiro atoms. The van der Waals surface area contributed by atoms with Crippen molar-refractivity contribution < 1.29 is 28.7 Å². The molecule has 2 fully saturated rings. The van der Waals surface area contributed by atoms with Gasteiger partial charge in [0.1, 0.15) is 6.54 Å². The van der Waals surface area contributed by atoms with Gasteiger partial charge in [-0.3, -0.25) is 24.1 Å². The molecule has 2 aliphatic rings. The maximum atomic E-state index is 12.8. The number of hydrogen-bond acceptors (Lipinski definition) is 7. The van der Waals surface area contributed by atoms with Gasteiger partial charge in [0, 0.05) is 23.8 Å². The number of hydrogen-bond donors (Lipinski definition) is 1. The molecule has 37 heavy (non-hydrogen) atoms. The lowest BCUT2D eigenvalue weighted by Crippen LogP contribution is -2.40. The summed E-state index contributed by atoms with van der Waals surface area (Å²) in [5, 5.41) is 2.87. The number of methoxy groups -OCH3 is 1. The van der Waals surface area contributed by atoms with Crippen LogP contribution >= 0.6 is 35.0 Å². The van der Waals surface area contributed by atoms with Crippen molar-refractivity contribution in [3.8, 4) is 11.5 Å². The van der Waals surface area contributed by atoms with Gasteiger partial charge in [0.15, 0.2) is 18.1 Å². The first-order valence-corrected chi connectivity index (χ1v) is 12.9. The summed E-state index contributed by atoms with van der Waals surface area (Å²) in [6.45, 7) is 0.666. The average molecular weight is 564 g/mol. The number of thioether (sulfide) groups is 1. The van der Waals surface area contributed by atoms with Crippen LogP contribution < -0.4 is 14.8 Å². The molecule has 4 rings (SSSR count). The Morgan fingerprint density at radius 2 is 1.81 bits per heavy atom. The van der Waals surface area contributed by atoms with Gasteiger partial charge < -0.3 is 19.7 Å². The monoisotopic (exact) mass is 563 g/mol. The van der Waals surface area contributed by atoms with E-state index in [-0.39, 0.29) is 40.5 Å².